The zero-order chi connectivity index (χ0) is 22.9. The van der Waals surface area contributed by atoms with Gasteiger partial charge in [-0.15, -0.1) is 0 Å². The van der Waals surface area contributed by atoms with E-state index in [1.165, 1.54) is 0 Å². The maximum atomic E-state index is 13.4. The van der Waals surface area contributed by atoms with Crippen molar-refractivity contribution < 1.29 is 9.53 Å². The van der Waals surface area contributed by atoms with Crippen LogP contribution in [-0.4, -0.2) is 27.6 Å². The van der Waals surface area contributed by atoms with Gasteiger partial charge in [-0.05, 0) is 42.8 Å². The molecule has 0 saturated heterocycles. The highest BCUT2D eigenvalue weighted by Crippen LogP contribution is 2.26. The van der Waals surface area contributed by atoms with Crippen LogP contribution < -0.4 is 10.1 Å². The largest absolute Gasteiger partial charge is 0.497 e. The van der Waals surface area contributed by atoms with Crippen LogP contribution in [0, 0.1) is 0 Å². The second-order valence-corrected chi connectivity index (χ2v) is 8.91. The molecule has 6 nitrogen and oxygen atoms in total. The predicted molar refractivity (Wildman–Crippen MR) is 126 cm³/mol. The number of hydrogen-bond donors (Lipinski definition) is 1. The fourth-order valence-electron chi connectivity index (χ4n) is 3.51. The van der Waals surface area contributed by atoms with Crippen molar-refractivity contribution in [1.29, 1.82) is 0 Å². The second kappa shape index (κ2) is 8.46. The first-order valence-electron chi connectivity index (χ1n) is 10.7. The van der Waals surface area contributed by atoms with Gasteiger partial charge in [-0.2, -0.15) is 5.10 Å². The number of aromatic nitrogens is 3. The number of nitrogens with one attached hydrogen (secondary N) is 1. The third-order valence-electron chi connectivity index (χ3n) is 5.46. The number of nitrogens with zero attached hydrogens (tertiary/aromatic N) is 3. The molecule has 0 bridgehead atoms. The highest BCUT2D eigenvalue weighted by molar-refractivity contribution is 5.94. The molecule has 0 aliphatic carbocycles. The maximum Gasteiger partial charge on any atom is 0.270 e. The number of carbonyl (C=O) groups is 1. The van der Waals surface area contributed by atoms with Crippen molar-refractivity contribution in [3.05, 3.63) is 83.7 Å². The highest BCUT2D eigenvalue weighted by atomic mass is 16.5. The van der Waals surface area contributed by atoms with Crippen LogP contribution in [0.15, 0.2) is 66.7 Å². The Labute approximate surface area is 188 Å². The zero-order valence-corrected chi connectivity index (χ0v) is 19.1. The van der Waals surface area contributed by atoms with Crippen LogP contribution in [0.3, 0.4) is 0 Å². The van der Waals surface area contributed by atoms with Gasteiger partial charge in [0.15, 0.2) is 5.65 Å². The third-order valence-corrected chi connectivity index (χ3v) is 5.46. The van der Waals surface area contributed by atoms with Gasteiger partial charge in [-0.1, -0.05) is 51.1 Å². The molecule has 2 aromatic heterocycles. The fraction of sp³-hybridized carbons (Fsp3) is 0.269. The van der Waals surface area contributed by atoms with E-state index < -0.39 is 0 Å². The van der Waals surface area contributed by atoms with Crippen LogP contribution in [0.25, 0.3) is 16.9 Å². The van der Waals surface area contributed by atoms with E-state index in [4.69, 9.17) is 14.8 Å². The van der Waals surface area contributed by atoms with Crippen molar-refractivity contribution in [1.82, 2.24) is 19.9 Å². The summed E-state index contributed by atoms with van der Waals surface area (Å²) in [6, 6.07) is 21.1. The Kier molecular flexibility index (Phi) is 5.70. The van der Waals surface area contributed by atoms with E-state index in [0.29, 0.717) is 17.0 Å². The molecule has 164 valence electrons. The van der Waals surface area contributed by atoms with Crippen LogP contribution in [0.1, 0.15) is 55.5 Å². The highest BCUT2D eigenvalue weighted by Gasteiger charge is 2.23. The van der Waals surface area contributed by atoms with Gasteiger partial charge in [-0.3, -0.25) is 4.79 Å². The summed E-state index contributed by atoms with van der Waals surface area (Å²) >= 11 is 0. The predicted octanol–water partition coefficient (Wildman–Crippen LogP) is 5.19. The molecule has 0 radical (unpaired) electrons. The van der Waals surface area contributed by atoms with Crippen LogP contribution in [0.4, 0.5) is 0 Å². The summed E-state index contributed by atoms with van der Waals surface area (Å²) in [4.78, 5) is 18.2. The van der Waals surface area contributed by atoms with Crippen LogP contribution in [0.5, 0.6) is 5.75 Å². The van der Waals surface area contributed by atoms with Gasteiger partial charge < -0.3 is 10.1 Å². The Morgan fingerprint density at radius 3 is 2.34 bits per heavy atom. The van der Waals surface area contributed by atoms with Gasteiger partial charge in [0.25, 0.3) is 5.91 Å². The second-order valence-electron chi connectivity index (χ2n) is 8.91. The van der Waals surface area contributed by atoms with E-state index in [1.807, 2.05) is 67.6 Å². The van der Waals surface area contributed by atoms with Gasteiger partial charge in [0, 0.05) is 17.0 Å². The Bertz CT molecular complexity index is 1240. The summed E-state index contributed by atoms with van der Waals surface area (Å²) in [5, 5.41) is 7.82. The van der Waals surface area contributed by atoms with E-state index in [-0.39, 0.29) is 17.4 Å². The first-order chi connectivity index (χ1) is 15.3. The molecule has 2 heterocycles. The third kappa shape index (κ3) is 4.35. The Morgan fingerprint density at radius 1 is 1.03 bits per heavy atom. The molecule has 4 rings (SSSR count). The van der Waals surface area contributed by atoms with E-state index >= 15 is 0 Å². The number of benzene rings is 2. The molecule has 0 aliphatic heterocycles. The molecule has 1 amide bonds. The number of hydrogen-bond acceptors (Lipinski definition) is 4. The molecule has 0 unspecified atom stereocenters. The topological polar surface area (TPSA) is 68.5 Å². The van der Waals surface area contributed by atoms with Crippen LogP contribution >= 0.6 is 0 Å². The molecular weight excluding hydrogens is 400 g/mol. The summed E-state index contributed by atoms with van der Waals surface area (Å²) in [6.45, 7) is 8.25. The average Bonchev–Trinajstić information content (AvgIpc) is 3.24. The molecule has 0 aliphatic rings. The lowest BCUT2D eigenvalue weighted by atomic mass is 9.93. The number of ether oxygens (including phenoxy) is 1. The standard InChI is InChI=1S/C26H28N4O2/c1-17(18-9-7-6-8-10-18)27-25(31)22-15-21(19-11-13-20(32-5)14-12-19)28-24-16-23(26(2,3)4)29-30(22)24/h6-17H,1-5H3,(H,27,31)/t17-/m1/s1. The summed E-state index contributed by atoms with van der Waals surface area (Å²) in [5.74, 6) is 0.566. The molecule has 0 fully saturated rings. The minimum absolute atomic E-state index is 0.144. The molecule has 2 aromatic carbocycles. The lowest BCUT2D eigenvalue weighted by molar-refractivity contribution is 0.0932. The smallest absolute Gasteiger partial charge is 0.270 e. The first kappa shape index (κ1) is 21.6. The van der Waals surface area contributed by atoms with Crippen molar-refractivity contribution >= 4 is 11.6 Å². The molecule has 1 atom stereocenters. The molecule has 0 spiro atoms. The van der Waals surface area contributed by atoms with E-state index in [1.54, 1.807) is 17.7 Å². The normalized spacial score (nSPS) is 12.5. The summed E-state index contributed by atoms with van der Waals surface area (Å²) in [5.41, 5.74) is 4.44. The van der Waals surface area contributed by atoms with Gasteiger partial charge in [0.2, 0.25) is 0 Å². The number of rotatable bonds is 5. The lowest BCUT2D eigenvalue weighted by Crippen LogP contribution is -2.29. The maximum absolute atomic E-state index is 13.4. The molecular formula is C26H28N4O2. The quantitative estimate of drug-likeness (QED) is 0.475. The fourth-order valence-corrected chi connectivity index (χ4v) is 3.51. The number of fused-ring (bicyclic) bond motifs is 1. The Hall–Kier alpha value is -3.67. The molecule has 0 saturated carbocycles. The van der Waals surface area contributed by atoms with E-state index in [0.717, 1.165) is 22.6 Å². The van der Waals surface area contributed by atoms with Crippen LogP contribution in [0.2, 0.25) is 0 Å². The van der Waals surface area contributed by atoms with Gasteiger partial charge in [-0.25, -0.2) is 9.50 Å². The monoisotopic (exact) mass is 428 g/mol. The van der Waals surface area contributed by atoms with Crippen molar-refractivity contribution in [3.8, 4) is 17.0 Å². The summed E-state index contributed by atoms with van der Waals surface area (Å²) in [6.07, 6.45) is 0. The Balaban J connectivity index is 1.79. The van der Waals surface area contributed by atoms with Crippen molar-refractivity contribution in [2.24, 2.45) is 0 Å². The molecule has 32 heavy (non-hydrogen) atoms. The van der Waals surface area contributed by atoms with Gasteiger partial charge >= 0.3 is 0 Å². The number of carbonyl (C=O) groups excluding carboxylic acids is 1. The van der Waals surface area contributed by atoms with Gasteiger partial charge in [0.1, 0.15) is 11.4 Å². The average molecular weight is 429 g/mol. The van der Waals surface area contributed by atoms with Crippen molar-refractivity contribution in [2.75, 3.05) is 7.11 Å². The first-order valence-corrected chi connectivity index (χ1v) is 10.7. The molecule has 6 heteroatoms. The lowest BCUT2D eigenvalue weighted by Gasteiger charge is -2.16. The molecule has 4 aromatic rings. The minimum atomic E-state index is -0.202. The number of methoxy groups -OCH3 is 1. The minimum Gasteiger partial charge on any atom is -0.497 e. The van der Waals surface area contributed by atoms with Gasteiger partial charge in [0.05, 0.1) is 24.5 Å². The zero-order valence-electron chi connectivity index (χ0n) is 19.1. The van der Waals surface area contributed by atoms with Crippen LogP contribution in [-0.2, 0) is 5.41 Å². The SMILES string of the molecule is COc1ccc(-c2cc(C(=O)N[C@H](C)c3ccccc3)n3nc(C(C)(C)C)cc3n2)cc1. The summed E-state index contributed by atoms with van der Waals surface area (Å²) < 4.78 is 6.90. The molecule has 1 N–H and O–H groups in total. The van der Waals surface area contributed by atoms with Crippen molar-refractivity contribution in [2.45, 2.75) is 39.2 Å². The van der Waals surface area contributed by atoms with E-state index in [9.17, 15) is 4.79 Å². The summed E-state index contributed by atoms with van der Waals surface area (Å²) in [7, 11) is 1.63. The van der Waals surface area contributed by atoms with Crippen molar-refractivity contribution in [3.63, 3.8) is 0 Å². The van der Waals surface area contributed by atoms with E-state index in [2.05, 4.69) is 26.1 Å². The number of amides is 1. The Morgan fingerprint density at radius 2 is 1.72 bits per heavy atom.